The van der Waals surface area contributed by atoms with E-state index in [0.717, 1.165) is 11.3 Å². The number of carbonyl (C=O) groups is 2. The highest BCUT2D eigenvalue weighted by Gasteiger charge is 2.19. The number of aryl methyl sites for hydroxylation is 1. The van der Waals surface area contributed by atoms with Gasteiger partial charge in [0.15, 0.2) is 5.78 Å². The van der Waals surface area contributed by atoms with E-state index in [2.05, 4.69) is 10.4 Å². The molecule has 0 radical (unpaired) electrons. The molecule has 1 amide bonds. The summed E-state index contributed by atoms with van der Waals surface area (Å²) < 4.78 is 1.84. The summed E-state index contributed by atoms with van der Waals surface area (Å²) in [5, 5.41) is 7.38. The predicted octanol–water partition coefficient (Wildman–Crippen LogP) is 4.00. The van der Waals surface area contributed by atoms with Crippen molar-refractivity contribution in [1.29, 1.82) is 0 Å². The molecular formula is C21H21N3O2. The molecule has 0 unspecified atom stereocenters. The van der Waals surface area contributed by atoms with Crippen molar-refractivity contribution in [1.82, 2.24) is 9.78 Å². The van der Waals surface area contributed by atoms with Crippen LogP contribution >= 0.6 is 0 Å². The van der Waals surface area contributed by atoms with Crippen LogP contribution in [0.1, 0.15) is 44.6 Å². The summed E-state index contributed by atoms with van der Waals surface area (Å²) in [4.78, 5) is 24.3. The first-order valence-corrected chi connectivity index (χ1v) is 8.46. The maximum atomic E-state index is 12.8. The number of amides is 1. The van der Waals surface area contributed by atoms with E-state index in [9.17, 15) is 9.59 Å². The summed E-state index contributed by atoms with van der Waals surface area (Å²) in [6.45, 7) is 5.84. The lowest BCUT2D eigenvalue weighted by Gasteiger charge is -2.08. The maximum absolute atomic E-state index is 12.8. The Hall–Kier alpha value is -3.21. The van der Waals surface area contributed by atoms with Gasteiger partial charge in [-0.3, -0.25) is 14.3 Å². The van der Waals surface area contributed by atoms with Crippen LogP contribution < -0.4 is 5.32 Å². The molecule has 132 valence electrons. The fourth-order valence-corrected chi connectivity index (χ4v) is 2.95. The molecule has 0 fully saturated rings. The van der Waals surface area contributed by atoms with Crippen molar-refractivity contribution in [3.63, 3.8) is 0 Å². The van der Waals surface area contributed by atoms with Gasteiger partial charge in [-0.2, -0.15) is 5.10 Å². The van der Waals surface area contributed by atoms with Crippen molar-refractivity contribution < 1.29 is 9.59 Å². The summed E-state index contributed by atoms with van der Waals surface area (Å²) in [6, 6.07) is 16.9. The van der Waals surface area contributed by atoms with Gasteiger partial charge in [-0.25, -0.2) is 0 Å². The third-order valence-corrected chi connectivity index (χ3v) is 4.31. The Labute approximate surface area is 152 Å². The number of aromatic nitrogens is 2. The van der Waals surface area contributed by atoms with Gasteiger partial charge in [-0.15, -0.1) is 0 Å². The topological polar surface area (TPSA) is 64.0 Å². The lowest BCUT2D eigenvalue weighted by atomic mass is 10.1. The summed E-state index contributed by atoms with van der Waals surface area (Å²) in [5.74, 6) is -0.260. The molecule has 0 saturated carbocycles. The number of rotatable bonds is 5. The van der Waals surface area contributed by atoms with Gasteiger partial charge in [0, 0.05) is 16.9 Å². The number of nitrogens with zero attached hydrogens (tertiary/aromatic N) is 2. The predicted molar refractivity (Wildman–Crippen MR) is 102 cm³/mol. The van der Waals surface area contributed by atoms with Crippen LogP contribution in [0.3, 0.4) is 0 Å². The molecule has 0 aliphatic carbocycles. The minimum atomic E-state index is -0.222. The minimum absolute atomic E-state index is 0.0378. The highest BCUT2D eigenvalue weighted by atomic mass is 16.1. The van der Waals surface area contributed by atoms with Crippen LogP contribution in [0.25, 0.3) is 0 Å². The molecule has 1 N–H and O–H groups in total. The Bertz CT molecular complexity index is 959. The Morgan fingerprint density at radius 2 is 1.77 bits per heavy atom. The van der Waals surface area contributed by atoms with Crippen molar-refractivity contribution in [2.75, 3.05) is 5.32 Å². The maximum Gasteiger partial charge on any atom is 0.259 e. The third kappa shape index (κ3) is 3.72. The minimum Gasteiger partial charge on any atom is -0.322 e. The monoisotopic (exact) mass is 347 g/mol. The zero-order valence-corrected chi connectivity index (χ0v) is 15.1. The number of nitrogens with one attached hydrogen (secondary N) is 1. The summed E-state index contributed by atoms with van der Waals surface area (Å²) in [6.07, 6.45) is 0. The number of Topliss-reactive ketones (excluding diaryl/α,β-unsaturated/α-hetero) is 1. The van der Waals surface area contributed by atoms with Gasteiger partial charge in [0.2, 0.25) is 0 Å². The fraction of sp³-hybridized carbons (Fsp3) is 0.190. The zero-order chi connectivity index (χ0) is 18.7. The number of ketones is 1. The molecule has 0 atom stereocenters. The van der Waals surface area contributed by atoms with Gasteiger partial charge in [-0.1, -0.05) is 42.5 Å². The van der Waals surface area contributed by atoms with Crippen molar-refractivity contribution in [2.24, 2.45) is 0 Å². The Morgan fingerprint density at radius 3 is 2.46 bits per heavy atom. The van der Waals surface area contributed by atoms with Crippen LogP contribution in [0.15, 0.2) is 54.6 Å². The van der Waals surface area contributed by atoms with Crippen molar-refractivity contribution in [3.05, 3.63) is 82.7 Å². The van der Waals surface area contributed by atoms with Gasteiger partial charge < -0.3 is 5.32 Å². The standard InChI is InChI=1S/C21H21N3O2/c1-14-20(15(2)24(23-14)13-17-8-5-4-6-9-17)21(26)22-19-11-7-10-18(12-19)16(3)25/h4-12H,13H2,1-3H3,(H,22,26). The lowest BCUT2D eigenvalue weighted by molar-refractivity contribution is 0.101. The first kappa shape index (κ1) is 17.6. The Morgan fingerprint density at radius 1 is 1.04 bits per heavy atom. The van der Waals surface area contributed by atoms with Crippen molar-refractivity contribution in [2.45, 2.75) is 27.3 Å². The highest BCUT2D eigenvalue weighted by molar-refractivity contribution is 6.06. The highest BCUT2D eigenvalue weighted by Crippen LogP contribution is 2.18. The van der Waals surface area contributed by atoms with E-state index >= 15 is 0 Å². The number of anilines is 1. The van der Waals surface area contributed by atoms with Gasteiger partial charge in [0.25, 0.3) is 5.91 Å². The molecule has 5 heteroatoms. The molecule has 3 aromatic rings. The fourth-order valence-electron chi connectivity index (χ4n) is 2.95. The average Bonchev–Trinajstić information content (AvgIpc) is 2.89. The molecule has 5 nitrogen and oxygen atoms in total. The molecule has 0 saturated heterocycles. The molecule has 2 aromatic carbocycles. The van der Waals surface area contributed by atoms with E-state index in [1.807, 2.05) is 48.9 Å². The van der Waals surface area contributed by atoms with E-state index < -0.39 is 0 Å². The molecule has 0 aliphatic heterocycles. The van der Waals surface area contributed by atoms with E-state index in [1.165, 1.54) is 6.92 Å². The van der Waals surface area contributed by atoms with Crippen LogP contribution in [0.4, 0.5) is 5.69 Å². The van der Waals surface area contributed by atoms with Crippen LogP contribution in [0, 0.1) is 13.8 Å². The lowest BCUT2D eigenvalue weighted by Crippen LogP contribution is -2.14. The van der Waals surface area contributed by atoms with Crippen molar-refractivity contribution >= 4 is 17.4 Å². The molecule has 0 aliphatic rings. The third-order valence-electron chi connectivity index (χ3n) is 4.31. The van der Waals surface area contributed by atoms with E-state index in [0.29, 0.717) is 29.1 Å². The number of hydrogen-bond donors (Lipinski definition) is 1. The van der Waals surface area contributed by atoms with Crippen LogP contribution in [-0.4, -0.2) is 21.5 Å². The quantitative estimate of drug-likeness (QED) is 0.710. The molecule has 26 heavy (non-hydrogen) atoms. The second kappa shape index (κ2) is 7.35. The smallest absolute Gasteiger partial charge is 0.259 e. The van der Waals surface area contributed by atoms with E-state index in [-0.39, 0.29) is 11.7 Å². The van der Waals surface area contributed by atoms with Gasteiger partial charge in [-0.05, 0) is 38.5 Å². The molecule has 0 bridgehead atoms. The SMILES string of the molecule is CC(=O)c1cccc(NC(=O)c2c(C)nn(Cc3ccccc3)c2C)c1. The molecular weight excluding hydrogens is 326 g/mol. The summed E-state index contributed by atoms with van der Waals surface area (Å²) >= 11 is 0. The molecule has 3 rings (SSSR count). The van der Waals surface area contributed by atoms with Crippen LogP contribution in [0.5, 0.6) is 0 Å². The first-order valence-electron chi connectivity index (χ1n) is 8.46. The van der Waals surface area contributed by atoms with Gasteiger partial charge in [0.1, 0.15) is 0 Å². The van der Waals surface area contributed by atoms with Crippen LogP contribution in [0.2, 0.25) is 0 Å². The second-order valence-corrected chi connectivity index (χ2v) is 6.28. The van der Waals surface area contributed by atoms with Gasteiger partial charge in [0.05, 0.1) is 17.8 Å². The first-order chi connectivity index (χ1) is 12.5. The van der Waals surface area contributed by atoms with Crippen LogP contribution in [-0.2, 0) is 6.54 Å². The summed E-state index contributed by atoms with van der Waals surface area (Å²) in [5.41, 5.74) is 4.34. The summed E-state index contributed by atoms with van der Waals surface area (Å²) in [7, 11) is 0. The Kier molecular flexibility index (Phi) is 4.98. The van der Waals surface area contributed by atoms with Gasteiger partial charge >= 0.3 is 0 Å². The van der Waals surface area contributed by atoms with E-state index in [4.69, 9.17) is 0 Å². The Balaban J connectivity index is 1.84. The molecule has 1 aromatic heterocycles. The number of hydrogen-bond acceptors (Lipinski definition) is 3. The number of carbonyl (C=O) groups excluding carboxylic acids is 2. The van der Waals surface area contributed by atoms with E-state index in [1.54, 1.807) is 24.3 Å². The largest absolute Gasteiger partial charge is 0.322 e. The normalized spacial score (nSPS) is 10.6. The zero-order valence-electron chi connectivity index (χ0n) is 15.1. The number of benzene rings is 2. The molecule has 1 heterocycles. The average molecular weight is 347 g/mol. The molecule has 0 spiro atoms. The van der Waals surface area contributed by atoms with Crippen molar-refractivity contribution in [3.8, 4) is 0 Å². The second-order valence-electron chi connectivity index (χ2n) is 6.28.